The Kier molecular flexibility index (Phi) is 3.57. The maximum absolute atomic E-state index is 5.92. The number of halogens is 1. The van der Waals surface area contributed by atoms with Crippen LogP contribution in [0.5, 0.6) is 0 Å². The van der Waals surface area contributed by atoms with Gasteiger partial charge in [0, 0.05) is 11.1 Å². The fourth-order valence-corrected chi connectivity index (χ4v) is 1.41. The molecule has 1 rings (SSSR count). The fourth-order valence-electron chi connectivity index (χ4n) is 1.21. The number of hydrogen-bond donors (Lipinski definition) is 1. The van der Waals surface area contributed by atoms with Gasteiger partial charge in [0.05, 0.1) is 0 Å². The second kappa shape index (κ2) is 4.48. The highest BCUT2D eigenvalue weighted by Gasteiger charge is 2.03. The van der Waals surface area contributed by atoms with E-state index in [1.165, 1.54) is 0 Å². The lowest BCUT2D eigenvalue weighted by atomic mass is 10.0. The Balaban J connectivity index is 2.73. The summed E-state index contributed by atoms with van der Waals surface area (Å²) in [7, 11) is 0. The molecule has 2 heteroatoms. The van der Waals surface area contributed by atoms with Crippen LogP contribution in [0.1, 0.15) is 31.4 Å². The molecule has 1 nitrogen and oxygen atoms in total. The van der Waals surface area contributed by atoms with Gasteiger partial charge in [-0.25, -0.2) is 0 Å². The van der Waals surface area contributed by atoms with Crippen molar-refractivity contribution in [3.8, 4) is 0 Å². The zero-order valence-corrected chi connectivity index (χ0v) is 8.01. The van der Waals surface area contributed by atoms with Crippen LogP contribution in [0.3, 0.4) is 0 Å². The van der Waals surface area contributed by atoms with E-state index in [4.69, 9.17) is 17.3 Å². The highest BCUT2D eigenvalue weighted by Crippen LogP contribution is 2.18. The molecular formula is C10H14ClN. The first-order valence-electron chi connectivity index (χ1n) is 4.25. The van der Waals surface area contributed by atoms with Gasteiger partial charge in [-0.3, -0.25) is 0 Å². The summed E-state index contributed by atoms with van der Waals surface area (Å²) in [4.78, 5) is 0. The van der Waals surface area contributed by atoms with Crippen LogP contribution in [0, 0.1) is 0 Å². The molecule has 0 aliphatic carbocycles. The third kappa shape index (κ3) is 2.50. The lowest BCUT2D eigenvalue weighted by molar-refractivity contribution is 0.638. The van der Waals surface area contributed by atoms with Crippen LogP contribution >= 0.6 is 11.6 Å². The van der Waals surface area contributed by atoms with E-state index in [0.717, 1.165) is 23.4 Å². The molecule has 0 spiro atoms. The molecule has 1 aromatic rings. The second-order valence-corrected chi connectivity index (χ2v) is 3.39. The molecule has 1 atom stereocenters. The first kappa shape index (κ1) is 9.56. The average Bonchev–Trinajstić information content (AvgIpc) is 2.05. The van der Waals surface area contributed by atoms with Crippen LogP contribution in [0.2, 0.25) is 5.02 Å². The van der Waals surface area contributed by atoms with Crippen molar-refractivity contribution >= 4 is 11.6 Å². The van der Waals surface area contributed by atoms with Crippen molar-refractivity contribution in [3.05, 3.63) is 34.9 Å². The van der Waals surface area contributed by atoms with E-state index in [-0.39, 0.29) is 6.04 Å². The third-order valence-electron chi connectivity index (χ3n) is 1.88. The normalized spacial score (nSPS) is 12.9. The van der Waals surface area contributed by atoms with Crippen molar-refractivity contribution in [1.29, 1.82) is 0 Å². The van der Waals surface area contributed by atoms with Gasteiger partial charge >= 0.3 is 0 Å². The maximum atomic E-state index is 5.92. The van der Waals surface area contributed by atoms with E-state index in [0.29, 0.717) is 0 Å². The van der Waals surface area contributed by atoms with Crippen molar-refractivity contribution in [2.45, 2.75) is 25.8 Å². The zero-order valence-electron chi connectivity index (χ0n) is 7.26. The molecule has 0 fully saturated rings. The minimum atomic E-state index is 0.133. The van der Waals surface area contributed by atoms with Gasteiger partial charge in [-0.2, -0.15) is 0 Å². The van der Waals surface area contributed by atoms with Gasteiger partial charge in [0.1, 0.15) is 0 Å². The van der Waals surface area contributed by atoms with Crippen LogP contribution in [-0.4, -0.2) is 0 Å². The van der Waals surface area contributed by atoms with Crippen LogP contribution < -0.4 is 5.73 Å². The summed E-state index contributed by atoms with van der Waals surface area (Å²) in [5.41, 5.74) is 7.04. The smallest absolute Gasteiger partial charge is 0.0409 e. The number of hydrogen-bond acceptors (Lipinski definition) is 1. The second-order valence-electron chi connectivity index (χ2n) is 2.95. The van der Waals surface area contributed by atoms with Gasteiger partial charge in [-0.15, -0.1) is 0 Å². The Morgan fingerprint density at radius 2 is 2.25 bits per heavy atom. The summed E-state index contributed by atoms with van der Waals surface area (Å²) in [6.45, 7) is 2.13. The summed E-state index contributed by atoms with van der Waals surface area (Å²) >= 11 is 5.83. The molecule has 0 unspecified atom stereocenters. The fraction of sp³-hybridized carbons (Fsp3) is 0.400. The molecule has 0 aliphatic heterocycles. The van der Waals surface area contributed by atoms with Gasteiger partial charge in [0.2, 0.25) is 0 Å². The molecule has 0 radical (unpaired) electrons. The van der Waals surface area contributed by atoms with E-state index in [2.05, 4.69) is 6.92 Å². The highest BCUT2D eigenvalue weighted by atomic mass is 35.5. The summed E-state index contributed by atoms with van der Waals surface area (Å²) < 4.78 is 0. The minimum Gasteiger partial charge on any atom is -0.324 e. The van der Waals surface area contributed by atoms with Crippen molar-refractivity contribution in [3.63, 3.8) is 0 Å². The van der Waals surface area contributed by atoms with Gasteiger partial charge in [0.15, 0.2) is 0 Å². The van der Waals surface area contributed by atoms with Gasteiger partial charge in [0.25, 0.3) is 0 Å². The molecule has 0 amide bonds. The standard InChI is InChI=1S/C10H14ClN/c1-2-4-10(12)8-5-3-6-9(11)7-8/h3,5-7,10H,2,4,12H2,1H3/t10-/m0/s1. The molecule has 12 heavy (non-hydrogen) atoms. The molecule has 0 saturated heterocycles. The molecule has 2 N–H and O–H groups in total. The third-order valence-corrected chi connectivity index (χ3v) is 2.11. The van der Waals surface area contributed by atoms with E-state index >= 15 is 0 Å². The molecule has 0 aliphatic rings. The molecule has 66 valence electrons. The first-order chi connectivity index (χ1) is 5.74. The van der Waals surface area contributed by atoms with E-state index < -0.39 is 0 Å². The lowest BCUT2D eigenvalue weighted by Crippen LogP contribution is -2.09. The molecule has 0 aromatic heterocycles. The van der Waals surface area contributed by atoms with E-state index in [1.54, 1.807) is 0 Å². The van der Waals surface area contributed by atoms with Gasteiger partial charge < -0.3 is 5.73 Å². The van der Waals surface area contributed by atoms with Crippen molar-refractivity contribution in [2.24, 2.45) is 5.73 Å². The predicted octanol–water partition coefficient (Wildman–Crippen LogP) is 3.14. The summed E-state index contributed by atoms with van der Waals surface area (Å²) in [5, 5.41) is 0.763. The Morgan fingerprint density at radius 1 is 1.50 bits per heavy atom. The van der Waals surface area contributed by atoms with Crippen LogP contribution in [0.15, 0.2) is 24.3 Å². The van der Waals surface area contributed by atoms with Crippen LogP contribution in [0.4, 0.5) is 0 Å². The molecule has 1 aromatic carbocycles. The topological polar surface area (TPSA) is 26.0 Å². The Hall–Kier alpha value is -0.530. The van der Waals surface area contributed by atoms with Crippen molar-refractivity contribution < 1.29 is 0 Å². The zero-order chi connectivity index (χ0) is 8.97. The maximum Gasteiger partial charge on any atom is 0.0409 e. The van der Waals surface area contributed by atoms with Crippen LogP contribution in [-0.2, 0) is 0 Å². The van der Waals surface area contributed by atoms with Crippen molar-refractivity contribution in [1.82, 2.24) is 0 Å². The first-order valence-corrected chi connectivity index (χ1v) is 4.63. The van der Waals surface area contributed by atoms with E-state index in [1.807, 2.05) is 24.3 Å². The number of nitrogens with two attached hydrogens (primary N) is 1. The van der Waals surface area contributed by atoms with Crippen molar-refractivity contribution in [2.75, 3.05) is 0 Å². The van der Waals surface area contributed by atoms with Crippen LogP contribution in [0.25, 0.3) is 0 Å². The minimum absolute atomic E-state index is 0.133. The monoisotopic (exact) mass is 183 g/mol. The summed E-state index contributed by atoms with van der Waals surface area (Å²) in [6, 6.07) is 7.89. The predicted molar refractivity (Wildman–Crippen MR) is 53.3 cm³/mol. The molecular weight excluding hydrogens is 170 g/mol. The average molecular weight is 184 g/mol. The quantitative estimate of drug-likeness (QED) is 0.766. The Labute approximate surface area is 78.5 Å². The lowest BCUT2D eigenvalue weighted by Gasteiger charge is -2.10. The molecule has 0 heterocycles. The number of benzene rings is 1. The highest BCUT2D eigenvalue weighted by molar-refractivity contribution is 6.30. The summed E-state index contributed by atoms with van der Waals surface area (Å²) in [5.74, 6) is 0. The largest absolute Gasteiger partial charge is 0.324 e. The van der Waals surface area contributed by atoms with Gasteiger partial charge in [-0.1, -0.05) is 37.1 Å². The number of rotatable bonds is 3. The molecule has 0 saturated carbocycles. The Bertz CT molecular complexity index is 247. The summed E-state index contributed by atoms with van der Waals surface area (Å²) in [6.07, 6.45) is 2.12. The SMILES string of the molecule is CCC[C@H](N)c1cccc(Cl)c1. The molecule has 0 bridgehead atoms. The Morgan fingerprint density at radius 3 is 2.83 bits per heavy atom. The van der Waals surface area contributed by atoms with Gasteiger partial charge in [-0.05, 0) is 24.1 Å². The van der Waals surface area contributed by atoms with E-state index in [9.17, 15) is 0 Å².